The molecule has 0 saturated heterocycles. The summed E-state index contributed by atoms with van der Waals surface area (Å²) in [7, 11) is 5.67. The number of halogens is 1. The van der Waals surface area contributed by atoms with Gasteiger partial charge in [-0.1, -0.05) is 11.6 Å². The third kappa shape index (κ3) is 4.97. The summed E-state index contributed by atoms with van der Waals surface area (Å²) in [5.41, 5.74) is 2.66. The number of rotatable bonds is 7. The highest BCUT2D eigenvalue weighted by Gasteiger charge is 2.09. The molecule has 2 rings (SSSR count). The lowest BCUT2D eigenvalue weighted by atomic mass is 10.2. The molecule has 2 aromatic rings. The number of methoxy groups -OCH3 is 1. The minimum Gasteiger partial charge on any atom is -0.495 e. The van der Waals surface area contributed by atoms with E-state index in [9.17, 15) is 0 Å². The summed E-state index contributed by atoms with van der Waals surface area (Å²) in [6.45, 7) is 5.57. The third-order valence-corrected chi connectivity index (χ3v) is 3.85. The molecule has 0 saturated carbocycles. The molecular weight excluding hydrogens is 326 g/mol. The first kappa shape index (κ1) is 18.3. The van der Waals surface area contributed by atoms with E-state index in [1.165, 1.54) is 0 Å². The van der Waals surface area contributed by atoms with Crippen molar-refractivity contribution in [2.45, 2.75) is 13.8 Å². The van der Waals surface area contributed by atoms with Crippen LogP contribution in [0.2, 0.25) is 5.02 Å². The minimum absolute atomic E-state index is 0.601. The molecule has 1 aromatic heterocycles. The fourth-order valence-electron chi connectivity index (χ4n) is 2.17. The Kier molecular flexibility index (Phi) is 6.23. The fourth-order valence-corrected chi connectivity index (χ4v) is 2.32. The van der Waals surface area contributed by atoms with Crippen molar-refractivity contribution in [2.75, 3.05) is 44.9 Å². The van der Waals surface area contributed by atoms with Crippen molar-refractivity contribution in [3.63, 3.8) is 0 Å². The van der Waals surface area contributed by atoms with E-state index in [1.807, 2.05) is 40.1 Å². The van der Waals surface area contributed by atoms with Gasteiger partial charge in [-0.15, -0.1) is 0 Å². The SMILES string of the molecule is COc1cc(Cl)c(C)cc1Nc1cc(C)nc(NCCN(C)C)n1. The van der Waals surface area contributed by atoms with Gasteiger partial charge in [0.15, 0.2) is 0 Å². The van der Waals surface area contributed by atoms with Crippen LogP contribution in [0.15, 0.2) is 18.2 Å². The summed E-state index contributed by atoms with van der Waals surface area (Å²) in [6.07, 6.45) is 0. The predicted octanol–water partition coefficient (Wildman–Crippen LogP) is 3.47. The molecule has 1 heterocycles. The zero-order chi connectivity index (χ0) is 17.7. The third-order valence-electron chi connectivity index (χ3n) is 3.44. The minimum atomic E-state index is 0.601. The van der Waals surface area contributed by atoms with Crippen LogP contribution in [-0.4, -0.2) is 49.2 Å². The van der Waals surface area contributed by atoms with E-state index < -0.39 is 0 Å². The van der Waals surface area contributed by atoms with Crippen LogP contribution in [0.3, 0.4) is 0 Å². The first-order chi connectivity index (χ1) is 11.4. The van der Waals surface area contributed by atoms with Crippen LogP contribution < -0.4 is 15.4 Å². The molecule has 0 aliphatic rings. The van der Waals surface area contributed by atoms with Gasteiger partial charge in [0.2, 0.25) is 5.95 Å². The summed E-state index contributed by atoms with van der Waals surface area (Å²) < 4.78 is 5.39. The Morgan fingerprint density at radius 1 is 1.17 bits per heavy atom. The molecule has 0 aliphatic carbocycles. The lowest BCUT2D eigenvalue weighted by Gasteiger charge is -2.14. The molecule has 130 valence electrons. The number of aryl methyl sites for hydroxylation is 2. The molecule has 0 amide bonds. The molecule has 0 fully saturated rings. The van der Waals surface area contributed by atoms with E-state index in [-0.39, 0.29) is 0 Å². The maximum atomic E-state index is 6.15. The summed E-state index contributed by atoms with van der Waals surface area (Å²) in [5, 5.41) is 7.19. The monoisotopic (exact) mass is 349 g/mol. The van der Waals surface area contributed by atoms with Crippen molar-refractivity contribution in [3.05, 3.63) is 34.5 Å². The Hall–Kier alpha value is -2.05. The Morgan fingerprint density at radius 2 is 1.92 bits per heavy atom. The lowest BCUT2D eigenvalue weighted by molar-refractivity contribution is 0.416. The Labute approximate surface area is 148 Å². The smallest absolute Gasteiger partial charge is 0.224 e. The van der Waals surface area contributed by atoms with E-state index in [0.29, 0.717) is 22.5 Å². The molecule has 0 spiro atoms. The quantitative estimate of drug-likeness (QED) is 0.798. The number of nitrogens with one attached hydrogen (secondary N) is 2. The van der Waals surface area contributed by atoms with E-state index in [2.05, 4.69) is 25.5 Å². The second-order valence-electron chi connectivity index (χ2n) is 5.87. The standard InChI is InChI=1S/C17H24ClN5O/c1-11-8-14(15(24-5)10-13(11)18)21-16-9-12(2)20-17(22-16)19-6-7-23(3)4/h8-10H,6-7H2,1-5H3,(H2,19,20,21,22). The number of benzene rings is 1. The van der Waals surface area contributed by atoms with E-state index >= 15 is 0 Å². The first-order valence-corrected chi connectivity index (χ1v) is 8.12. The molecule has 0 atom stereocenters. The van der Waals surface area contributed by atoms with Crippen molar-refractivity contribution < 1.29 is 4.74 Å². The average molecular weight is 350 g/mol. The van der Waals surface area contributed by atoms with Gasteiger partial charge in [-0.05, 0) is 39.6 Å². The van der Waals surface area contributed by atoms with Gasteiger partial charge in [0, 0.05) is 35.9 Å². The summed E-state index contributed by atoms with van der Waals surface area (Å²) in [6, 6.07) is 5.63. The lowest BCUT2D eigenvalue weighted by Crippen LogP contribution is -2.21. The molecule has 24 heavy (non-hydrogen) atoms. The molecule has 6 nitrogen and oxygen atoms in total. The van der Waals surface area contributed by atoms with Gasteiger partial charge in [0.1, 0.15) is 11.6 Å². The zero-order valence-corrected chi connectivity index (χ0v) is 15.5. The van der Waals surface area contributed by atoms with Gasteiger partial charge < -0.3 is 20.3 Å². The van der Waals surface area contributed by atoms with Gasteiger partial charge in [-0.25, -0.2) is 4.98 Å². The van der Waals surface area contributed by atoms with Crippen molar-refractivity contribution in [3.8, 4) is 5.75 Å². The number of hydrogen-bond acceptors (Lipinski definition) is 6. The maximum Gasteiger partial charge on any atom is 0.224 e. The molecule has 7 heteroatoms. The molecular formula is C17H24ClN5O. The maximum absolute atomic E-state index is 6.15. The highest BCUT2D eigenvalue weighted by molar-refractivity contribution is 6.31. The second-order valence-corrected chi connectivity index (χ2v) is 6.28. The van der Waals surface area contributed by atoms with Crippen LogP contribution in [-0.2, 0) is 0 Å². The topological polar surface area (TPSA) is 62.3 Å². The van der Waals surface area contributed by atoms with Gasteiger partial charge in [0.05, 0.1) is 12.8 Å². The van der Waals surface area contributed by atoms with E-state index in [1.54, 1.807) is 13.2 Å². The highest BCUT2D eigenvalue weighted by Crippen LogP contribution is 2.32. The summed E-state index contributed by atoms with van der Waals surface area (Å²) in [5.74, 6) is 1.97. The highest BCUT2D eigenvalue weighted by atomic mass is 35.5. The Bertz CT molecular complexity index is 706. The van der Waals surface area contributed by atoms with Crippen LogP contribution in [0, 0.1) is 13.8 Å². The van der Waals surface area contributed by atoms with Crippen molar-refractivity contribution >= 4 is 29.1 Å². The number of hydrogen-bond donors (Lipinski definition) is 2. The molecule has 1 aromatic carbocycles. The fraction of sp³-hybridized carbons (Fsp3) is 0.412. The van der Waals surface area contributed by atoms with Crippen molar-refractivity contribution in [1.29, 1.82) is 0 Å². The van der Waals surface area contributed by atoms with E-state index in [4.69, 9.17) is 16.3 Å². The normalized spacial score (nSPS) is 10.8. The van der Waals surface area contributed by atoms with Crippen LogP contribution in [0.1, 0.15) is 11.3 Å². The zero-order valence-electron chi connectivity index (χ0n) is 14.8. The predicted molar refractivity (Wildman–Crippen MR) is 99.8 cm³/mol. The number of ether oxygens (including phenoxy) is 1. The van der Waals surface area contributed by atoms with Crippen molar-refractivity contribution in [2.24, 2.45) is 0 Å². The van der Waals surface area contributed by atoms with Crippen LogP contribution in [0.5, 0.6) is 5.75 Å². The Balaban J connectivity index is 2.20. The van der Waals surface area contributed by atoms with Gasteiger partial charge in [-0.3, -0.25) is 0 Å². The number of anilines is 3. The number of likely N-dealkylation sites (N-methyl/N-ethyl adjacent to an activating group) is 1. The first-order valence-electron chi connectivity index (χ1n) is 7.74. The number of aromatic nitrogens is 2. The Morgan fingerprint density at radius 3 is 2.58 bits per heavy atom. The van der Waals surface area contributed by atoms with Gasteiger partial charge in [0.25, 0.3) is 0 Å². The summed E-state index contributed by atoms with van der Waals surface area (Å²) >= 11 is 6.15. The largest absolute Gasteiger partial charge is 0.495 e. The van der Waals surface area contributed by atoms with Gasteiger partial charge in [-0.2, -0.15) is 4.98 Å². The van der Waals surface area contributed by atoms with Crippen LogP contribution >= 0.6 is 11.6 Å². The van der Waals surface area contributed by atoms with Crippen molar-refractivity contribution in [1.82, 2.24) is 14.9 Å². The molecule has 0 aliphatic heterocycles. The molecule has 0 unspecified atom stereocenters. The molecule has 0 radical (unpaired) electrons. The second kappa shape index (κ2) is 8.17. The van der Waals surface area contributed by atoms with E-state index in [0.717, 1.165) is 30.0 Å². The van der Waals surface area contributed by atoms with Gasteiger partial charge >= 0.3 is 0 Å². The summed E-state index contributed by atoms with van der Waals surface area (Å²) in [4.78, 5) is 11.0. The van der Waals surface area contributed by atoms with Crippen LogP contribution in [0.4, 0.5) is 17.5 Å². The molecule has 2 N–H and O–H groups in total. The van der Waals surface area contributed by atoms with Crippen LogP contribution in [0.25, 0.3) is 0 Å². The average Bonchev–Trinajstić information content (AvgIpc) is 2.49. The molecule has 0 bridgehead atoms. The number of nitrogens with zero attached hydrogens (tertiary/aromatic N) is 3.